The van der Waals surface area contributed by atoms with Crippen LogP contribution in [-0.4, -0.2) is 47.2 Å². The maximum absolute atomic E-state index is 13.8. The minimum atomic E-state index is -4.77. The SMILES string of the molecule is CN(C)c1cc(OC(=O)NC(C)(C)C)c(NC(=O)CC(=O)c2cccc(-c3ccnn3C)c2)cc1C(F)(F)F. The zero-order valence-corrected chi connectivity index (χ0v) is 22.4. The molecule has 12 heteroatoms. The molecular weight excluding hydrogens is 515 g/mol. The van der Waals surface area contributed by atoms with Gasteiger partial charge < -0.3 is 20.3 Å². The lowest BCUT2D eigenvalue weighted by molar-refractivity contribution is -0.137. The van der Waals surface area contributed by atoms with E-state index in [9.17, 15) is 27.6 Å². The molecule has 3 aromatic rings. The van der Waals surface area contributed by atoms with Crippen LogP contribution in [0.25, 0.3) is 11.3 Å². The van der Waals surface area contributed by atoms with Gasteiger partial charge >= 0.3 is 12.3 Å². The number of aromatic nitrogens is 2. The molecular formula is C27H30F3N5O4. The van der Waals surface area contributed by atoms with E-state index in [4.69, 9.17) is 4.74 Å². The maximum atomic E-state index is 13.8. The largest absolute Gasteiger partial charge is 0.418 e. The van der Waals surface area contributed by atoms with Crippen molar-refractivity contribution in [2.75, 3.05) is 24.3 Å². The Hall–Kier alpha value is -4.35. The van der Waals surface area contributed by atoms with Gasteiger partial charge in [-0.3, -0.25) is 14.3 Å². The minimum absolute atomic E-state index is 0.240. The number of alkyl halides is 3. The number of Topliss-reactive ketones (excluding diaryl/α,β-unsaturated/α-hetero) is 1. The predicted octanol–water partition coefficient (Wildman–Crippen LogP) is 5.27. The van der Waals surface area contributed by atoms with Crippen molar-refractivity contribution in [3.05, 3.63) is 59.8 Å². The van der Waals surface area contributed by atoms with Gasteiger partial charge in [0.15, 0.2) is 11.5 Å². The summed E-state index contributed by atoms with van der Waals surface area (Å²) in [5.41, 5.74) is -0.723. The van der Waals surface area contributed by atoms with E-state index in [0.717, 1.165) is 11.8 Å². The maximum Gasteiger partial charge on any atom is 0.418 e. The Morgan fingerprint density at radius 1 is 1.05 bits per heavy atom. The lowest BCUT2D eigenvalue weighted by Crippen LogP contribution is -2.42. The predicted molar refractivity (Wildman–Crippen MR) is 141 cm³/mol. The number of hydrogen-bond acceptors (Lipinski definition) is 6. The molecule has 1 heterocycles. The molecule has 0 bridgehead atoms. The second-order valence-corrected chi connectivity index (χ2v) is 10.1. The molecule has 0 aliphatic heterocycles. The quantitative estimate of drug-likeness (QED) is 0.310. The van der Waals surface area contributed by atoms with Crippen molar-refractivity contribution in [1.29, 1.82) is 0 Å². The topological polar surface area (TPSA) is 106 Å². The summed E-state index contributed by atoms with van der Waals surface area (Å²) in [6.07, 6.45) is -4.74. The Morgan fingerprint density at radius 3 is 2.31 bits per heavy atom. The van der Waals surface area contributed by atoms with E-state index >= 15 is 0 Å². The fourth-order valence-corrected chi connectivity index (χ4v) is 3.73. The number of nitrogens with one attached hydrogen (secondary N) is 2. The number of ketones is 1. The van der Waals surface area contributed by atoms with Crippen LogP contribution in [0.15, 0.2) is 48.7 Å². The van der Waals surface area contributed by atoms with E-state index in [2.05, 4.69) is 15.7 Å². The first-order valence-corrected chi connectivity index (χ1v) is 11.9. The van der Waals surface area contributed by atoms with Crippen molar-refractivity contribution in [3.8, 4) is 17.0 Å². The van der Waals surface area contributed by atoms with Gasteiger partial charge in [0.25, 0.3) is 0 Å². The molecule has 0 aliphatic carbocycles. The number of anilines is 2. The van der Waals surface area contributed by atoms with Crippen molar-refractivity contribution in [2.45, 2.75) is 38.9 Å². The molecule has 208 valence electrons. The molecule has 0 unspecified atom stereocenters. The van der Waals surface area contributed by atoms with Crippen LogP contribution in [0.1, 0.15) is 43.1 Å². The minimum Gasteiger partial charge on any atom is -0.408 e. The number of hydrogen-bond donors (Lipinski definition) is 2. The fourth-order valence-electron chi connectivity index (χ4n) is 3.73. The Kier molecular flexibility index (Phi) is 8.37. The van der Waals surface area contributed by atoms with Crippen LogP contribution in [0.4, 0.5) is 29.3 Å². The van der Waals surface area contributed by atoms with Gasteiger partial charge in [0.1, 0.15) is 0 Å². The highest BCUT2D eigenvalue weighted by Crippen LogP contribution is 2.42. The highest BCUT2D eigenvalue weighted by Gasteiger charge is 2.36. The molecule has 0 saturated heterocycles. The van der Waals surface area contributed by atoms with Crippen molar-refractivity contribution >= 4 is 29.2 Å². The number of carbonyl (C=O) groups excluding carboxylic acids is 3. The highest BCUT2D eigenvalue weighted by molar-refractivity contribution is 6.11. The normalized spacial score (nSPS) is 11.6. The summed E-state index contributed by atoms with van der Waals surface area (Å²) in [6, 6.07) is 10.0. The molecule has 0 aliphatic rings. The van der Waals surface area contributed by atoms with Crippen LogP contribution in [0.2, 0.25) is 0 Å². The van der Waals surface area contributed by atoms with E-state index < -0.39 is 47.2 Å². The summed E-state index contributed by atoms with van der Waals surface area (Å²) >= 11 is 0. The average molecular weight is 546 g/mol. The number of halogens is 3. The molecule has 0 atom stereocenters. The van der Waals surface area contributed by atoms with Crippen molar-refractivity contribution in [2.24, 2.45) is 7.05 Å². The third kappa shape index (κ3) is 7.59. The molecule has 39 heavy (non-hydrogen) atoms. The van der Waals surface area contributed by atoms with E-state index in [-0.39, 0.29) is 17.0 Å². The second-order valence-electron chi connectivity index (χ2n) is 10.1. The van der Waals surface area contributed by atoms with Gasteiger partial charge in [-0.25, -0.2) is 4.79 Å². The summed E-state index contributed by atoms with van der Waals surface area (Å²) < 4.78 is 48.4. The van der Waals surface area contributed by atoms with Crippen LogP contribution in [-0.2, 0) is 18.0 Å². The third-order valence-electron chi connectivity index (χ3n) is 5.46. The van der Waals surface area contributed by atoms with E-state index in [1.165, 1.54) is 25.1 Å². The first-order chi connectivity index (χ1) is 18.0. The number of carbonyl (C=O) groups is 3. The number of benzene rings is 2. The summed E-state index contributed by atoms with van der Waals surface area (Å²) in [4.78, 5) is 39.3. The smallest absolute Gasteiger partial charge is 0.408 e. The highest BCUT2D eigenvalue weighted by atomic mass is 19.4. The van der Waals surface area contributed by atoms with Gasteiger partial charge in [0, 0.05) is 50.1 Å². The van der Waals surface area contributed by atoms with Crippen LogP contribution < -0.4 is 20.3 Å². The third-order valence-corrected chi connectivity index (χ3v) is 5.46. The zero-order chi connectivity index (χ0) is 29.1. The molecule has 1 aromatic heterocycles. The van der Waals surface area contributed by atoms with E-state index in [1.807, 2.05) is 0 Å². The Bertz CT molecular complexity index is 1390. The molecule has 0 fully saturated rings. The molecule has 2 N–H and O–H groups in total. The molecule has 2 aromatic carbocycles. The van der Waals surface area contributed by atoms with Gasteiger partial charge in [-0.1, -0.05) is 18.2 Å². The summed E-state index contributed by atoms with van der Waals surface area (Å²) in [5, 5.41) is 8.95. The van der Waals surface area contributed by atoms with Crippen LogP contribution >= 0.6 is 0 Å². The number of nitrogens with zero attached hydrogens (tertiary/aromatic N) is 3. The zero-order valence-electron chi connectivity index (χ0n) is 22.4. The van der Waals surface area contributed by atoms with Crippen molar-refractivity contribution in [1.82, 2.24) is 15.1 Å². The lowest BCUT2D eigenvalue weighted by atomic mass is 10.0. The molecule has 0 saturated carbocycles. The van der Waals surface area contributed by atoms with Gasteiger partial charge in [-0.05, 0) is 39.0 Å². The van der Waals surface area contributed by atoms with Gasteiger partial charge in [-0.2, -0.15) is 18.3 Å². The molecule has 3 rings (SSSR count). The average Bonchev–Trinajstić information content (AvgIpc) is 3.23. The monoisotopic (exact) mass is 545 g/mol. The molecule has 0 spiro atoms. The standard InChI is InChI=1S/C27H30F3N5O4/c1-26(2,3)33-25(38)39-23-14-21(34(4)5)18(27(28,29)30)13-19(23)32-24(37)15-22(36)17-9-7-8-16(12-17)20-10-11-31-35(20)6/h7-14H,15H2,1-6H3,(H,32,37)(H,33,38). The Morgan fingerprint density at radius 2 is 1.74 bits per heavy atom. The fraction of sp³-hybridized carbons (Fsp3) is 0.333. The number of aryl methyl sites for hydroxylation is 1. The summed E-state index contributed by atoms with van der Waals surface area (Å²) in [6.45, 7) is 5.09. The van der Waals surface area contributed by atoms with E-state index in [0.29, 0.717) is 11.6 Å². The van der Waals surface area contributed by atoms with Crippen molar-refractivity contribution < 1.29 is 32.3 Å². The van der Waals surface area contributed by atoms with Gasteiger partial charge in [0.05, 0.1) is 29.1 Å². The van der Waals surface area contributed by atoms with Gasteiger partial charge in [-0.15, -0.1) is 0 Å². The van der Waals surface area contributed by atoms with Crippen molar-refractivity contribution in [3.63, 3.8) is 0 Å². The number of amides is 2. The lowest BCUT2D eigenvalue weighted by Gasteiger charge is -2.24. The van der Waals surface area contributed by atoms with E-state index in [1.54, 1.807) is 63.0 Å². The van der Waals surface area contributed by atoms with Crippen LogP contribution in [0, 0.1) is 0 Å². The molecule has 9 nitrogen and oxygen atoms in total. The Labute approximate surface area is 223 Å². The first-order valence-electron chi connectivity index (χ1n) is 11.9. The van der Waals surface area contributed by atoms with Crippen LogP contribution in [0.5, 0.6) is 5.75 Å². The number of ether oxygens (including phenoxy) is 1. The molecule has 0 radical (unpaired) electrons. The second kappa shape index (κ2) is 11.2. The molecule has 2 amide bonds. The summed E-state index contributed by atoms with van der Waals surface area (Å²) in [5.74, 6) is -1.74. The number of rotatable bonds is 7. The first kappa shape index (κ1) is 29.2. The Balaban J connectivity index is 1.90. The van der Waals surface area contributed by atoms with Crippen LogP contribution in [0.3, 0.4) is 0 Å². The summed E-state index contributed by atoms with van der Waals surface area (Å²) in [7, 11) is 4.55. The van der Waals surface area contributed by atoms with Gasteiger partial charge in [0.2, 0.25) is 5.91 Å².